The number of hydrogen-bond donors (Lipinski definition) is 1. The standard InChI is InChI=1S/C25H29N5OS/c1-19-7-6-8-20(2)25(19)28-23(31)17-29-11-13-30(14-12-29)22-15-26-16-24(27-22)32-18-21-9-4-3-5-10-21/h3-10,15-16H,11-14,17-18H2,1-2H3,(H,28,31). The molecular weight excluding hydrogens is 418 g/mol. The SMILES string of the molecule is Cc1cccc(C)c1NC(=O)CN1CCN(c2cncc(SCc3ccccc3)n2)CC1. The Kier molecular flexibility index (Phi) is 7.39. The van der Waals surface area contributed by atoms with Gasteiger partial charge in [0.2, 0.25) is 5.91 Å². The van der Waals surface area contributed by atoms with Crippen LogP contribution >= 0.6 is 11.8 Å². The molecule has 0 unspecified atom stereocenters. The molecule has 1 amide bonds. The van der Waals surface area contributed by atoms with Crippen molar-refractivity contribution in [3.05, 3.63) is 77.6 Å². The molecule has 1 saturated heterocycles. The fraction of sp³-hybridized carbons (Fsp3) is 0.320. The van der Waals surface area contributed by atoms with Crippen molar-refractivity contribution in [2.24, 2.45) is 0 Å². The van der Waals surface area contributed by atoms with Crippen molar-refractivity contribution in [3.63, 3.8) is 0 Å². The molecule has 1 aliphatic rings. The third kappa shape index (κ3) is 5.87. The molecule has 166 valence electrons. The van der Waals surface area contributed by atoms with Gasteiger partial charge in [-0.15, -0.1) is 11.8 Å². The summed E-state index contributed by atoms with van der Waals surface area (Å²) in [4.78, 5) is 26.2. The molecule has 2 heterocycles. The van der Waals surface area contributed by atoms with E-state index >= 15 is 0 Å². The topological polar surface area (TPSA) is 61.4 Å². The maximum atomic E-state index is 12.6. The van der Waals surface area contributed by atoms with Crippen LogP contribution in [-0.4, -0.2) is 53.5 Å². The second kappa shape index (κ2) is 10.6. The molecule has 7 heteroatoms. The molecule has 2 aromatic carbocycles. The zero-order chi connectivity index (χ0) is 22.3. The number of anilines is 2. The monoisotopic (exact) mass is 447 g/mol. The van der Waals surface area contributed by atoms with Gasteiger partial charge in [-0.05, 0) is 30.5 Å². The van der Waals surface area contributed by atoms with E-state index in [4.69, 9.17) is 4.98 Å². The van der Waals surface area contributed by atoms with Crippen LogP contribution in [-0.2, 0) is 10.5 Å². The second-order valence-corrected chi connectivity index (χ2v) is 9.06. The van der Waals surface area contributed by atoms with Gasteiger partial charge in [0.1, 0.15) is 10.8 Å². The van der Waals surface area contributed by atoms with Crippen LogP contribution < -0.4 is 10.2 Å². The number of rotatable bonds is 7. The van der Waals surface area contributed by atoms with Crippen LogP contribution in [0.2, 0.25) is 0 Å². The van der Waals surface area contributed by atoms with E-state index in [9.17, 15) is 4.79 Å². The van der Waals surface area contributed by atoms with Gasteiger partial charge in [-0.25, -0.2) is 4.98 Å². The maximum absolute atomic E-state index is 12.6. The van der Waals surface area contributed by atoms with Crippen LogP contribution in [0, 0.1) is 13.8 Å². The van der Waals surface area contributed by atoms with Crippen molar-refractivity contribution in [3.8, 4) is 0 Å². The Morgan fingerprint density at radius 2 is 1.69 bits per heavy atom. The number of nitrogens with zero attached hydrogens (tertiary/aromatic N) is 4. The zero-order valence-electron chi connectivity index (χ0n) is 18.6. The second-order valence-electron chi connectivity index (χ2n) is 8.07. The zero-order valence-corrected chi connectivity index (χ0v) is 19.4. The Hall–Kier alpha value is -2.90. The molecule has 0 atom stereocenters. The molecule has 1 fully saturated rings. The number of amides is 1. The molecule has 1 aromatic heterocycles. The minimum absolute atomic E-state index is 0.0370. The first kappa shape index (κ1) is 22.3. The highest BCUT2D eigenvalue weighted by atomic mass is 32.2. The summed E-state index contributed by atoms with van der Waals surface area (Å²) >= 11 is 1.70. The summed E-state index contributed by atoms with van der Waals surface area (Å²) in [5.74, 6) is 1.82. The predicted molar refractivity (Wildman–Crippen MR) is 131 cm³/mol. The number of carbonyl (C=O) groups excluding carboxylic acids is 1. The fourth-order valence-electron chi connectivity index (χ4n) is 3.82. The van der Waals surface area contributed by atoms with Crippen molar-refractivity contribution >= 4 is 29.2 Å². The van der Waals surface area contributed by atoms with Gasteiger partial charge >= 0.3 is 0 Å². The maximum Gasteiger partial charge on any atom is 0.238 e. The van der Waals surface area contributed by atoms with Crippen LogP contribution in [0.5, 0.6) is 0 Å². The van der Waals surface area contributed by atoms with Gasteiger partial charge in [0.25, 0.3) is 0 Å². The van der Waals surface area contributed by atoms with Gasteiger partial charge in [0.15, 0.2) is 0 Å². The lowest BCUT2D eigenvalue weighted by atomic mass is 10.1. The van der Waals surface area contributed by atoms with Crippen molar-refractivity contribution in [1.29, 1.82) is 0 Å². The minimum atomic E-state index is 0.0370. The van der Waals surface area contributed by atoms with Crippen molar-refractivity contribution in [1.82, 2.24) is 14.9 Å². The Balaban J connectivity index is 1.27. The predicted octanol–water partition coefficient (Wildman–Crippen LogP) is 4.15. The number of aromatic nitrogens is 2. The molecular formula is C25H29N5OS. The van der Waals surface area contributed by atoms with Gasteiger partial charge in [0.05, 0.1) is 18.9 Å². The Bertz CT molecular complexity index is 1030. The van der Waals surface area contributed by atoms with Crippen LogP contribution in [0.4, 0.5) is 11.5 Å². The fourth-order valence-corrected chi connectivity index (χ4v) is 4.62. The molecule has 1 aliphatic heterocycles. The van der Waals surface area contributed by atoms with E-state index < -0.39 is 0 Å². The Morgan fingerprint density at radius 3 is 2.41 bits per heavy atom. The molecule has 1 N–H and O–H groups in total. The van der Waals surface area contributed by atoms with Crippen LogP contribution in [0.25, 0.3) is 0 Å². The number of nitrogens with one attached hydrogen (secondary N) is 1. The van der Waals surface area contributed by atoms with Crippen molar-refractivity contribution in [2.45, 2.75) is 24.6 Å². The summed E-state index contributed by atoms with van der Waals surface area (Å²) in [6, 6.07) is 16.4. The lowest BCUT2D eigenvalue weighted by Gasteiger charge is -2.35. The summed E-state index contributed by atoms with van der Waals surface area (Å²) in [5, 5.41) is 4.02. The summed E-state index contributed by atoms with van der Waals surface area (Å²) in [5.41, 5.74) is 4.38. The lowest BCUT2D eigenvalue weighted by Crippen LogP contribution is -2.49. The van der Waals surface area contributed by atoms with E-state index in [1.54, 1.807) is 11.8 Å². The molecule has 0 bridgehead atoms. The van der Waals surface area contributed by atoms with E-state index in [2.05, 4.69) is 44.4 Å². The highest BCUT2D eigenvalue weighted by Gasteiger charge is 2.21. The van der Waals surface area contributed by atoms with Gasteiger partial charge in [-0.1, -0.05) is 48.5 Å². The third-order valence-corrected chi connectivity index (χ3v) is 6.61. The van der Waals surface area contributed by atoms with Gasteiger partial charge in [0, 0.05) is 37.6 Å². The third-order valence-electron chi connectivity index (χ3n) is 5.64. The lowest BCUT2D eigenvalue weighted by molar-refractivity contribution is -0.117. The van der Waals surface area contributed by atoms with Crippen LogP contribution in [0.1, 0.15) is 16.7 Å². The number of para-hydroxylation sites is 1. The molecule has 3 aromatic rings. The van der Waals surface area contributed by atoms with E-state index in [1.165, 1.54) is 5.56 Å². The average molecular weight is 448 g/mol. The number of hydrogen-bond acceptors (Lipinski definition) is 6. The highest BCUT2D eigenvalue weighted by molar-refractivity contribution is 7.98. The minimum Gasteiger partial charge on any atom is -0.353 e. The van der Waals surface area contributed by atoms with Crippen molar-refractivity contribution in [2.75, 3.05) is 42.9 Å². The van der Waals surface area contributed by atoms with Crippen LogP contribution in [0.3, 0.4) is 0 Å². The van der Waals surface area contributed by atoms with E-state index in [-0.39, 0.29) is 5.91 Å². The van der Waals surface area contributed by atoms with Gasteiger partial charge < -0.3 is 10.2 Å². The summed E-state index contributed by atoms with van der Waals surface area (Å²) in [6.45, 7) is 7.76. The van der Waals surface area contributed by atoms with E-state index in [0.717, 1.165) is 59.6 Å². The smallest absolute Gasteiger partial charge is 0.238 e. The molecule has 0 spiro atoms. The number of benzene rings is 2. The largest absolute Gasteiger partial charge is 0.353 e. The quantitative estimate of drug-likeness (QED) is 0.549. The first-order chi connectivity index (χ1) is 15.6. The highest BCUT2D eigenvalue weighted by Crippen LogP contribution is 2.23. The van der Waals surface area contributed by atoms with Crippen LogP contribution in [0.15, 0.2) is 66.0 Å². The number of thioether (sulfide) groups is 1. The van der Waals surface area contributed by atoms with Gasteiger partial charge in [-0.2, -0.15) is 0 Å². The normalized spacial score (nSPS) is 14.4. The molecule has 6 nitrogen and oxygen atoms in total. The first-order valence-electron chi connectivity index (χ1n) is 10.9. The summed E-state index contributed by atoms with van der Waals surface area (Å²) < 4.78 is 0. The van der Waals surface area contributed by atoms with E-state index in [1.807, 2.05) is 50.5 Å². The summed E-state index contributed by atoms with van der Waals surface area (Å²) in [7, 11) is 0. The number of piperazine rings is 1. The molecule has 0 radical (unpaired) electrons. The first-order valence-corrected chi connectivity index (χ1v) is 11.9. The van der Waals surface area contributed by atoms with E-state index in [0.29, 0.717) is 6.54 Å². The Morgan fingerprint density at radius 1 is 0.969 bits per heavy atom. The Labute approximate surface area is 194 Å². The summed E-state index contributed by atoms with van der Waals surface area (Å²) in [6.07, 6.45) is 3.65. The molecule has 32 heavy (non-hydrogen) atoms. The number of aryl methyl sites for hydroxylation is 2. The van der Waals surface area contributed by atoms with Gasteiger partial charge in [-0.3, -0.25) is 14.7 Å². The van der Waals surface area contributed by atoms with Crippen molar-refractivity contribution < 1.29 is 4.79 Å². The molecule has 4 rings (SSSR count). The average Bonchev–Trinajstić information content (AvgIpc) is 2.82. The number of carbonyl (C=O) groups is 1. The molecule has 0 aliphatic carbocycles. The molecule has 0 saturated carbocycles.